The van der Waals surface area contributed by atoms with Crippen LogP contribution in [0, 0.1) is 0 Å². The van der Waals surface area contributed by atoms with Gasteiger partial charge in [0.1, 0.15) is 0 Å². The molecule has 2 aliphatic rings. The van der Waals surface area contributed by atoms with E-state index < -0.39 is 0 Å². The molecule has 176 valence electrons. The fourth-order valence-corrected chi connectivity index (χ4v) is 5.24. The molecule has 2 saturated heterocycles. The summed E-state index contributed by atoms with van der Waals surface area (Å²) in [7, 11) is 5.81. The van der Waals surface area contributed by atoms with Crippen LogP contribution >= 0.6 is 0 Å². The van der Waals surface area contributed by atoms with Gasteiger partial charge in [-0.15, -0.1) is 0 Å². The van der Waals surface area contributed by atoms with Crippen molar-refractivity contribution in [3.8, 4) is 11.5 Å². The minimum Gasteiger partial charge on any atom is -0.493 e. The zero-order chi connectivity index (χ0) is 22.7. The average molecular weight is 442 g/mol. The summed E-state index contributed by atoms with van der Waals surface area (Å²) in [5, 5.41) is 4.22. The van der Waals surface area contributed by atoms with Crippen molar-refractivity contribution in [2.75, 3.05) is 52.8 Å². The second kappa shape index (κ2) is 10.2. The van der Waals surface area contributed by atoms with Crippen molar-refractivity contribution >= 4 is 16.9 Å². The average Bonchev–Trinajstić information content (AvgIpc) is 3.32. The van der Waals surface area contributed by atoms with Crippen LogP contribution < -0.4 is 14.8 Å². The van der Waals surface area contributed by atoms with Crippen molar-refractivity contribution in [3.63, 3.8) is 0 Å². The highest BCUT2D eigenvalue weighted by Crippen LogP contribution is 2.40. The molecule has 32 heavy (non-hydrogen) atoms. The zero-order valence-corrected chi connectivity index (χ0v) is 20.4. The third kappa shape index (κ3) is 4.94. The SMILES string of the molecule is CNc1nc(C2C[C@@H](C)N(C)[C@@H](C)C2)c2cc(OC)c(OCCCN3CCCC3)cc2n1. The van der Waals surface area contributed by atoms with E-state index in [4.69, 9.17) is 19.4 Å². The number of piperidine rings is 1. The number of likely N-dealkylation sites (tertiary alicyclic amines) is 2. The van der Waals surface area contributed by atoms with Crippen LogP contribution in [0.25, 0.3) is 10.9 Å². The standard InChI is InChI=1S/C25H39N5O2/c1-17-13-19(14-18(2)29(17)4)24-20-15-22(31-5)23(16-21(20)27-25(26-3)28-24)32-12-8-11-30-9-6-7-10-30/h15-19H,6-14H2,1-5H3,(H,26,27,28)/t17-,18+,19?. The monoisotopic (exact) mass is 441 g/mol. The predicted molar refractivity (Wildman–Crippen MR) is 130 cm³/mol. The van der Waals surface area contributed by atoms with Crippen molar-refractivity contribution in [3.05, 3.63) is 17.8 Å². The number of methoxy groups -OCH3 is 1. The second-order valence-electron chi connectivity index (χ2n) is 9.49. The van der Waals surface area contributed by atoms with Gasteiger partial charge in [0.15, 0.2) is 11.5 Å². The first-order valence-electron chi connectivity index (χ1n) is 12.1. The molecule has 0 spiro atoms. The number of hydrogen-bond acceptors (Lipinski definition) is 7. The van der Waals surface area contributed by atoms with E-state index in [0.717, 1.165) is 53.9 Å². The molecule has 0 bridgehead atoms. The van der Waals surface area contributed by atoms with Gasteiger partial charge in [-0.3, -0.25) is 0 Å². The summed E-state index contributed by atoms with van der Waals surface area (Å²) in [5.41, 5.74) is 2.03. The summed E-state index contributed by atoms with van der Waals surface area (Å²) in [6.45, 7) is 8.83. The van der Waals surface area contributed by atoms with E-state index in [0.29, 0.717) is 30.6 Å². The maximum absolute atomic E-state index is 6.16. The summed E-state index contributed by atoms with van der Waals surface area (Å²) < 4.78 is 11.9. The summed E-state index contributed by atoms with van der Waals surface area (Å²) in [6.07, 6.45) is 5.84. The minimum absolute atomic E-state index is 0.394. The molecular weight excluding hydrogens is 402 g/mol. The summed E-state index contributed by atoms with van der Waals surface area (Å²) >= 11 is 0. The van der Waals surface area contributed by atoms with Gasteiger partial charge in [0.2, 0.25) is 5.95 Å². The van der Waals surface area contributed by atoms with E-state index in [1.165, 1.54) is 25.9 Å². The fraction of sp³-hybridized carbons (Fsp3) is 0.680. The van der Waals surface area contributed by atoms with Crippen molar-refractivity contribution in [2.45, 2.75) is 64.0 Å². The molecule has 0 amide bonds. The van der Waals surface area contributed by atoms with Gasteiger partial charge in [-0.2, -0.15) is 0 Å². The van der Waals surface area contributed by atoms with Gasteiger partial charge in [0.05, 0.1) is 24.9 Å². The van der Waals surface area contributed by atoms with Crippen LogP contribution in [-0.2, 0) is 0 Å². The Morgan fingerprint density at radius 2 is 1.78 bits per heavy atom. The number of benzene rings is 1. The number of rotatable bonds is 8. The van der Waals surface area contributed by atoms with E-state index in [1.807, 2.05) is 13.1 Å². The molecular formula is C25H39N5O2. The molecule has 1 aromatic carbocycles. The largest absolute Gasteiger partial charge is 0.493 e. The molecule has 0 saturated carbocycles. The van der Waals surface area contributed by atoms with Gasteiger partial charge in [0, 0.05) is 43.0 Å². The normalized spacial score (nSPS) is 24.7. The first-order valence-corrected chi connectivity index (χ1v) is 12.1. The molecule has 2 aromatic rings. The zero-order valence-electron chi connectivity index (χ0n) is 20.4. The van der Waals surface area contributed by atoms with E-state index in [9.17, 15) is 0 Å². The fourth-order valence-electron chi connectivity index (χ4n) is 5.24. The lowest BCUT2D eigenvalue weighted by Crippen LogP contribution is -2.43. The number of hydrogen-bond donors (Lipinski definition) is 1. The molecule has 7 heteroatoms. The third-order valence-corrected chi connectivity index (χ3v) is 7.34. The predicted octanol–water partition coefficient (Wildman–Crippen LogP) is 4.13. The van der Waals surface area contributed by atoms with E-state index in [1.54, 1.807) is 7.11 Å². The molecule has 3 heterocycles. The second-order valence-corrected chi connectivity index (χ2v) is 9.49. The molecule has 0 radical (unpaired) electrons. The van der Waals surface area contributed by atoms with Crippen molar-refractivity contribution in [1.29, 1.82) is 0 Å². The quantitative estimate of drug-likeness (QED) is 0.618. The first kappa shape index (κ1) is 23.1. The summed E-state index contributed by atoms with van der Waals surface area (Å²) in [5.74, 6) is 2.58. The van der Waals surface area contributed by atoms with E-state index in [2.05, 4.69) is 42.1 Å². The van der Waals surface area contributed by atoms with E-state index in [-0.39, 0.29) is 0 Å². The molecule has 7 nitrogen and oxygen atoms in total. The van der Waals surface area contributed by atoms with Crippen LogP contribution in [-0.4, -0.2) is 79.3 Å². The Balaban J connectivity index is 1.59. The number of ether oxygens (including phenoxy) is 2. The Morgan fingerprint density at radius 1 is 1.06 bits per heavy atom. The van der Waals surface area contributed by atoms with Gasteiger partial charge in [-0.1, -0.05) is 0 Å². The Bertz CT molecular complexity index is 903. The molecule has 1 aromatic heterocycles. The van der Waals surface area contributed by atoms with Crippen LogP contribution in [0.4, 0.5) is 5.95 Å². The van der Waals surface area contributed by atoms with Gasteiger partial charge in [-0.25, -0.2) is 9.97 Å². The number of fused-ring (bicyclic) bond motifs is 1. The van der Waals surface area contributed by atoms with Crippen LogP contribution in [0.1, 0.15) is 57.6 Å². The van der Waals surface area contributed by atoms with Crippen LogP contribution in [0.15, 0.2) is 12.1 Å². The van der Waals surface area contributed by atoms with Gasteiger partial charge in [0.25, 0.3) is 0 Å². The van der Waals surface area contributed by atoms with Crippen LogP contribution in [0.5, 0.6) is 11.5 Å². The number of nitrogens with zero attached hydrogens (tertiary/aromatic N) is 4. The van der Waals surface area contributed by atoms with Crippen molar-refractivity contribution < 1.29 is 9.47 Å². The van der Waals surface area contributed by atoms with Crippen LogP contribution in [0.2, 0.25) is 0 Å². The topological polar surface area (TPSA) is 62.8 Å². The Labute approximate surface area is 192 Å². The summed E-state index contributed by atoms with van der Waals surface area (Å²) in [4.78, 5) is 14.7. The third-order valence-electron chi connectivity index (χ3n) is 7.34. The molecule has 3 atom stereocenters. The lowest BCUT2D eigenvalue weighted by atomic mass is 9.84. The Morgan fingerprint density at radius 3 is 2.44 bits per heavy atom. The lowest BCUT2D eigenvalue weighted by molar-refractivity contribution is 0.122. The molecule has 1 unspecified atom stereocenters. The van der Waals surface area contributed by atoms with Crippen molar-refractivity contribution in [1.82, 2.24) is 19.8 Å². The molecule has 2 fully saturated rings. The Kier molecular flexibility index (Phi) is 7.36. The van der Waals surface area contributed by atoms with Gasteiger partial charge in [-0.05, 0) is 72.2 Å². The number of anilines is 1. The molecule has 4 rings (SSSR count). The highest BCUT2D eigenvalue weighted by Gasteiger charge is 2.31. The highest BCUT2D eigenvalue weighted by molar-refractivity contribution is 5.86. The minimum atomic E-state index is 0.394. The summed E-state index contributed by atoms with van der Waals surface area (Å²) in [6, 6.07) is 5.14. The number of aromatic nitrogens is 2. The maximum atomic E-state index is 6.16. The van der Waals surface area contributed by atoms with Crippen molar-refractivity contribution in [2.24, 2.45) is 0 Å². The first-order chi connectivity index (χ1) is 15.5. The van der Waals surface area contributed by atoms with Crippen LogP contribution in [0.3, 0.4) is 0 Å². The Hall–Kier alpha value is -2.12. The molecule has 1 N–H and O–H groups in total. The number of nitrogens with one attached hydrogen (secondary N) is 1. The van der Waals surface area contributed by atoms with Gasteiger partial charge >= 0.3 is 0 Å². The maximum Gasteiger partial charge on any atom is 0.223 e. The van der Waals surface area contributed by atoms with Gasteiger partial charge < -0.3 is 24.6 Å². The lowest BCUT2D eigenvalue weighted by Gasteiger charge is -2.40. The molecule has 2 aliphatic heterocycles. The van der Waals surface area contributed by atoms with E-state index >= 15 is 0 Å². The molecule has 0 aliphatic carbocycles. The smallest absolute Gasteiger partial charge is 0.223 e. The highest BCUT2D eigenvalue weighted by atomic mass is 16.5.